The van der Waals surface area contributed by atoms with E-state index in [1.165, 1.54) is 24.3 Å². The lowest BCUT2D eigenvalue weighted by Gasteiger charge is -2.00. The molecule has 6 heteroatoms. The van der Waals surface area contributed by atoms with E-state index in [9.17, 15) is 14.9 Å². The van der Waals surface area contributed by atoms with Crippen LogP contribution >= 0.6 is 27.5 Å². The van der Waals surface area contributed by atoms with Gasteiger partial charge in [0.1, 0.15) is 0 Å². The monoisotopic (exact) mass is 277 g/mol. The first-order valence-electron chi connectivity index (χ1n) is 3.59. The Balaban J connectivity index is 3.06. The van der Waals surface area contributed by atoms with Crippen LogP contribution in [-0.2, 0) is 0 Å². The van der Waals surface area contributed by atoms with E-state index in [0.717, 1.165) is 0 Å². The molecule has 0 amide bonds. The van der Waals surface area contributed by atoms with Crippen LogP contribution in [0.5, 0.6) is 0 Å². The predicted molar refractivity (Wildman–Crippen MR) is 56.0 cm³/mol. The minimum atomic E-state index is -0.857. The summed E-state index contributed by atoms with van der Waals surface area (Å²) in [7, 11) is 0. The van der Waals surface area contributed by atoms with E-state index < -0.39 is 15.0 Å². The van der Waals surface area contributed by atoms with Crippen molar-refractivity contribution in [1.29, 1.82) is 0 Å². The van der Waals surface area contributed by atoms with Crippen molar-refractivity contribution >= 4 is 39.0 Å². The molecule has 0 aromatic heterocycles. The molecule has 0 heterocycles. The second kappa shape index (κ2) is 4.52. The smallest absolute Gasteiger partial charge is 0.270 e. The average molecular weight is 278 g/mol. The maximum Gasteiger partial charge on any atom is 0.270 e. The van der Waals surface area contributed by atoms with Crippen LogP contribution in [0, 0.1) is 10.1 Å². The second-order valence-corrected chi connectivity index (χ2v) is 4.35. The summed E-state index contributed by atoms with van der Waals surface area (Å²) in [6.45, 7) is 0. The van der Waals surface area contributed by atoms with E-state index in [2.05, 4.69) is 15.9 Å². The standard InChI is InChI=1S/C8H5BrClNO3/c9-8(10)7(12)5-2-1-3-6(4-5)11(13)14/h1-4,8H. The lowest BCUT2D eigenvalue weighted by atomic mass is 10.1. The predicted octanol–water partition coefficient (Wildman–Crippen LogP) is 2.74. The third-order valence-electron chi connectivity index (χ3n) is 1.54. The maximum atomic E-state index is 11.3. The zero-order valence-corrected chi connectivity index (χ0v) is 9.16. The Hall–Kier alpha value is -0.940. The molecule has 1 unspecified atom stereocenters. The van der Waals surface area contributed by atoms with Gasteiger partial charge in [-0.2, -0.15) is 0 Å². The summed E-state index contributed by atoms with van der Waals surface area (Å²) in [4.78, 5) is 21.2. The molecule has 0 spiro atoms. The molecule has 1 rings (SSSR count). The number of carbonyl (C=O) groups is 1. The Bertz CT molecular complexity index is 381. The van der Waals surface area contributed by atoms with Crippen molar-refractivity contribution in [2.75, 3.05) is 0 Å². The zero-order chi connectivity index (χ0) is 10.7. The lowest BCUT2D eigenvalue weighted by molar-refractivity contribution is -0.384. The van der Waals surface area contributed by atoms with Crippen LogP contribution < -0.4 is 0 Å². The van der Waals surface area contributed by atoms with Crippen molar-refractivity contribution in [3.05, 3.63) is 39.9 Å². The van der Waals surface area contributed by atoms with Crippen LogP contribution in [0.2, 0.25) is 0 Å². The molecular formula is C8H5BrClNO3. The molecule has 0 N–H and O–H groups in total. The number of halogens is 2. The maximum absolute atomic E-state index is 11.3. The van der Waals surface area contributed by atoms with Crippen LogP contribution in [0.4, 0.5) is 5.69 Å². The number of benzene rings is 1. The highest BCUT2D eigenvalue weighted by Gasteiger charge is 2.16. The number of hydrogen-bond donors (Lipinski definition) is 0. The summed E-state index contributed by atoms with van der Waals surface area (Å²) in [6, 6.07) is 5.43. The van der Waals surface area contributed by atoms with Crippen molar-refractivity contribution in [3.63, 3.8) is 0 Å². The van der Waals surface area contributed by atoms with Gasteiger partial charge in [-0.3, -0.25) is 14.9 Å². The fraction of sp³-hybridized carbons (Fsp3) is 0.125. The van der Waals surface area contributed by atoms with Gasteiger partial charge < -0.3 is 0 Å². The van der Waals surface area contributed by atoms with Gasteiger partial charge >= 0.3 is 0 Å². The molecular weight excluding hydrogens is 273 g/mol. The van der Waals surface area contributed by atoms with Gasteiger partial charge in [-0.15, -0.1) is 11.6 Å². The topological polar surface area (TPSA) is 60.2 Å². The van der Waals surface area contributed by atoms with Gasteiger partial charge in [-0.25, -0.2) is 0 Å². The average Bonchev–Trinajstić information content (AvgIpc) is 2.16. The number of nitro benzene ring substituents is 1. The van der Waals surface area contributed by atoms with Gasteiger partial charge in [0, 0.05) is 17.7 Å². The van der Waals surface area contributed by atoms with E-state index in [4.69, 9.17) is 11.6 Å². The number of ketones is 1. The first-order valence-corrected chi connectivity index (χ1v) is 4.94. The van der Waals surface area contributed by atoms with Crippen LogP contribution in [0.1, 0.15) is 10.4 Å². The molecule has 0 radical (unpaired) electrons. The largest absolute Gasteiger partial charge is 0.292 e. The highest BCUT2D eigenvalue weighted by atomic mass is 79.9. The molecule has 1 atom stereocenters. The molecule has 0 bridgehead atoms. The number of carbonyl (C=O) groups excluding carboxylic acids is 1. The number of nitro groups is 1. The number of rotatable bonds is 3. The second-order valence-electron chi connectivity index (χ2n) is 2.47. The van der Waals surface area contributed by atoms with Gasteiger partial charge in [0.05, 0.1) is 4.92 Å². The molecule has 4 nitrogen and oxygen atoms in total. The molecule has 0 saturated heterocycles. The molecule has 14 heavy (non-hydrogen) atoms. The van der Waals surface area contributed by atoms with E-state index in [0.29, 0.717) is 0 Å². The number of nitrogens with zero attached hydrogens (tertiary/aromatic N) is 1. The lowest BCUT2D eigenvalue weighted by Crippen LogP contribution is -2.07. The van der Waals surface area contributed by atoms with Crippen LogP contribution in [-0.4, -0.2) is 15.0 Å². The van der Waals surface area contributed by atoms with Crippen molar-refractivity contribution in [2.24, 2.45) is 0 Å². The third-order valence-corrected chi connectivity index (χ3v) is 2.15. The molecule has 0 aliphatic rings. The van der Waals surface area contributed by atoms with E-state index in [1.54, 1.807) is 0 Å². The van der Waals surface area contributed by atoms with Gasteiger partial charge in [-0.05, 0) is 0 Å². The minimum absolute atomic E-state index is 0.124. The first kappa shape index (κ1) is 11.1. The first-order chi connectivity index (χ1) is 6.52. The van der Waals surface area contributed by atoms with Crippen molar-refractivity contribution in [3.8, 4) is 0 Å². The minimum Gasteiger partial charge on any atom is -0.292 e. The Morgan fingerprint density at radius 3 is 2.71 bits per heavy atom. The van der Waals surface area contributed by atoms with E-state index in [-0.39, 0.29) is 11.3 Å². The van der Waals surface area contributed by atoms with Gasteiger partial charge in [-0.1, -0.05) is 28.1 Å². The van der Waals surface area contributed by atoms with Crippen LogP contribution in [0.15, 0.2) is 24.3 Å². The Labute approximate surface area is 93.1 Å². The Morgan fingerprint density at radius 1 is 1.57 bits per heavy atom. The SMILES string of the molecule is O=C(c1cccc([N+](=O)[O-])c1)C(Cl)Br. The van der Waals surface area contributed by atoms with Gasteiger partial charge in [0.2, 0.25) is 0 Å². The highest BCUT2D eigenvalue weighted by Crippen LogP contribution is 2.18. The Kier molecular flexibility index (Phi) is 3.60. The Morgan fingerprint density at radius 2 is 2.21 bits per heavy atom. The molecule has 0 aliphatic carbocycles. The summed E-state index contributed by atoms with van der Waals surface area (Å²) in [5, 5.41) is 10.4. The fourth-order valence-electron chi connectivity index (χ4n) is 0.899. The summed E-state index contributed by atoms with van der Waals surface area (Å²) < 4.78 is -0.857. The zero-order valence-electron chi connectivity index (χ0n) is 6.81. The molecule has 1 aromatic carbocycles. The van der Waals surface area contributed by atoms with Gasteiger partial charge in [0.15, 0.2) is 10.1 Å². The summed E-state index contributed by atoms with van der Waals surface area (Å²) in [6.07, 6.45) is 0. The summed E-state index contributed by atoms with van der Waals surface area (Å²) in [5.74, 6) is -0.393. The van der Waals surface area contributed by atoms with Crippen LogP contribution in [0.25, 0.3) is 0 Å². The number of alkyl halides is 2. The molecule has 74 valence electrons. The number of Topliss-reactive ketones (excluding diaryl/α,β-unsaturated/α-hetero) is 1. The number of hydrogen-bond acceptors (Lipinski definition) is 3. The molecule has 0 fully saturated rings. The van der Waals surface area contributed by atoms with Crippen molar-refractivity contribution in [1.82, 2.24) is 0 Å². The quantitative estimate of drug-likeness (QED) is 0.370. The fourth-order valence-corrected chi connectivity index (χ4v) is 1.29. The van der Waals surface area contributed by atoms with Crippen LogP contribution in [0.3, 0.4) is 0 Å². The van der Waals surface area contributed by atoms with Gasteiger partial charge in [0.25, 0.3) is 5.69 Å². The van der Waals surface area contributed by atoms with Crippen molar-refractivity contribution in [2.45, 2.75) is 4.29 Å². The normalized spacial score (nSPS) is 12.1. The van der Waals surface area contributed by atoms with E-state index >= 15 is 0 Å². The molecule has 0 saturated carbocycles. The number of non-ortho nitro benzene ring substituents is 1. The molecule has 0 aliphatic heterocycles. The summed E-state index contributed by atoms with van der Waals surface area (Å²) in [5.41, 5.74) is 0.0942. The van der Waals surface area contributed by atoms with Crippen molar-refractivity contribution < 1.29 is 9.72 Å². The third kappa shape index (κ3) is 2.52. The summed E-state index contributed by atoms with van der Waals surface area (Å²) >= 11 is 8.38. The molecule has 1 aromatic rings. The highest BCUT2D eigenvalue weighted by molar-refractivity contribution is 9.10. The van der Waals surface area contributed by atoms with E-state index in [1.807, 2.05) is 0 Å².